The van der Waals surface area contributed by atoms with Crippen molar-refractivity contribution in [3.05, 3.63) is 0 Å². The van der Waals surface area contributed by atoms with Crippen LogP contribution in [0.25, 0.3) is 0 Å². The van der Waals surface area contributed by atoms with Gasteiger partial charge >= 0.3 is 0 Å². The highest BCUT2D eigenvalue weighted by molar-refractivity contribution is 4.77. The molecule has 1 aliphatic heterocycles. The summed E-state index contributed by atoms with van der Waals surface area (Å²) < 4.78 is 5.42. The number of nitrogens with one attached hydrogen (secondary N) is 1. The van der Waals surface area contributed by atoms with Crippen molar-refractivity contribution in [2.75, 3.05) is 13.2 Å². The van der Waals surface area contributed by atoms with Crippen LogP contribution in [0.15, 0.2) is 0 Å². The van der Waals surface area contributed by atoms with Gasteiger partial charge in [-0.05, 0) is 32.6 Å². The zero-order chi connectivity index (χ0) is 11.1. The van der Waals surface area contributed by atoms with E-state index >= 15 is 0 Å². The Morgan fingerprint density at radius 2 is 2.13 bits per heavy atom. The van der Waals surface area contributed by atoms with Gasteiger partial charge in [0.15, 0.2) is 0 Å². The summed E-state index contributed by atoms with van der Waals surface area (Å²) in [4.78, 5) is 0. The maximum absolute atomic E-state index is 5.42. The lowest BCUT2D eigenvalue weighted by Gasteiger charge is -2.24. The summed E-state index contributed by atoms with van der Waals surface area (Å²) in [7, 11) is 0. The van der Waals surface area contributed by atoms with Crippen LogP contribution in [0, 0.1) is 5.92 Å². The van der Waals surface area contributed by atoms with Gasteiger partial charge in [0, 0.05) is 18.7 Å². The van der Waals surface area contributed by atoms with Crippen LogP contribution in [0.3, 0.4) is 0 Å². The number of hydrogen-bond donors (Lipinski definition) is 1. The molecular formula is C13H27NO. The van der Waals surface area contributed by atoms with Crippen molar-refractivity contribution in [1.29, 1.82) is 0 Å². The summed E-state index contributed by atoms with van der Waals surface area (Å²) in [6.07, 6.45) is 6.59. The fourth-order valence-electron chi connectivity index (χ4n) is 2.32. The molecule has 0 aromatic carbocycles. The molecule has 2 heteroatoms. The highest BCUT2D eigenvalue weighted by Crippen LogP contribution is 2.17. The van der Waals surface area contributed by atoms with Gasteiger partial charge < -0.3 is 10.1 Å². The first-order valence-electron chi connectivity index (χ1n) is 6.57. The first-order chi connectivity index (χ1) is 7.24. The first kappa shape index (κ1) is 13.0. The quantitative estimate of drug-likeness (QED) is 0.656. The van der Waals surface area contributed by atoms with Crippen molar-refractivity contribution in [3.63, 3.8) is 0 Å². The van der Waals surface area contributed by atoms with Gasteiger partial charge in [-0.1, -0.05) is 26.2 Å². The SMILES string of the molecule is CCCCCC(C)NC(C)C1CCOC1. The van der Waals surface area contributed by atoms with Crippen LogP contribution in [0.4, 0.5) is 0 Å². The zero-order valence-corrected chi connectivity index (χ0v) is 10.6. The van der Waals surface area contributed by atoms with Gasteiger partial charge in [0.25, 0.3) is 0 Å². The molecular weight excluding hydrogens is 186 g/mol. The second-order valence-electron chi connectivity index (χ2n) is 4.98. The monoisotopic (exact) mass is 213 g/mol. The van der Waals surface area contributed by atoms with Gasteiger partial charge in [-0.3, -0.25) is 0 Å². The number of hydrogen-bond acceptors (Lipinski definition) is 2. The normalized spacial score (nSPS) is 25.4. The lowest BCUT2D eigenvalue weighted by atomic mass is 9.99. The molecule has 1 fully saturated rings. The van der Waals surface area contributed by atoms with Crippen LogP contribution in [0.2, 0.25) is 0 Å². The van der Waals surface area contributed by atoms with E-state index in [1.807, 2.05) is 0 Å². The molecule has 1 rings (SSSR count). The third-order valence-electron chi connectivity index (χ3n) is 3.46. The van der Waals surface area contributed by atoms with Gasteiger partial charge in [-0.25, -0.2) is 0 Å². The number of rotatable bonds is 7. The summed E-state index contributed by atoms with van der Waals surface area (Å²) in [6, 6.07) is 1.27. The first-order valence-corrected chi connectivity index (χ1v) is 6.57. The van der Waals surface area contributed by atoms with Gasteiger partial charge in [-0.2, -0.15) is 0 Å². The van der Waals surface area contributed by atoms with Gasteiger partial charge in [0.2, 0.25) is 0 Å². The Morgan fingerprint density at radius 1 is 1.33 bits per heavy atom. The Morgan fingerprint density at radius 3 is 2.73 bits per heavy atom. The molecule has 90 valence electrons. The van der Waals surface area contributed by atoms with E-state index < -0.39 is 0 Å². The Labute approximate surface area is 94.8 Å². The fourth-order valence-corrected chi connectivity index (χ4v) is 2.32. The molecule has 0 radical (unpaired) electrons. The van der Waals surface area contributed by atoms with E-state index in [1.165, 1.54) is 32.1 Å². The summed E-state index contributed by atoms with van der Waals surface area (Å²) in [6.45, 7) is 8.78. The van der Waals surface area contributed by atoms with Crippen molar-refractivity contribution in [1.82, 2.24) is 5.32 Å². The van der Waals surface area contributed by atoms with Crippen LogP contribution in [-0.2, 0) is 4.74 Å². The molecule has 0 aromatic rings. The molecule has 1 N–H and O–H groups in total. The van der Waals surface area contributed by atoms with Crippen molar-refractivity contribution in [2.24, 2.45) is 5.92 Å². The summed E-state index contributed by atoms with van der Waals surface area (Å²) in [5, 5.41) is 3.70. The summed E-state index contributed by atoms with van der Waals surface area (Å²) in [5.41, 5.74) is 0. The summed E-state index contributed by atoms with van der Waals surface area (Å²) in [5.74, 6) is 0.735. The molecule has 1 aliphatic rings. The van der Waals surface area contributed by atoms with Crippen molar-refractivity contribution >= 4 is 0 Å². The predicted molar refractivity (Wildman–Crippen MR) is 65.1 cm³/mol. The van der Waals surface area contributed by atoms with E-state index in [0.29, 0.717) is 12.1 Å². The summed E-state index contributed by atoms with van der Waals surface area (Å²) >= 11 is 0. The van der Waals surface area contributed by atoms with Gasteiger partial charge in [-0.15, -0.1) is 0 Å². The Balaban J connectivity index is 2.10. The predicted octanol–water partition coefficient (Wildman–Crippen LogP) is 2.97. The standard InChI is InChI=1S/C13H27NO/c1-4-5-6-7-11(2)14-12(3)13-8-9-15-10-13/h11-14H,4-10H2,1-3H3. The maximum Gasteiger partial charge on any atom is 0.0509 e. The largest absolute Gasteiger partial charge is 0.381 e. The smallest absolute Gasteiger partial charge is 0.0509 e. The molecule has 0 spiro atoms. The second kappa shape index (κ2) is 7.24. The minimum atomic E-state index is 0.615. The van der Waals surface area contributed by atoms with Crippen molar-refractivity contribution < 1.29 is 4.74 Å². The lowest BCUT2D eigenvalue weighted by molar-refractivity contribution is 0.176. The minimum Gasteiger partial charge on any atom is -0.381 e. The van der Waals surface area contributed by atoms with Crippen LogP contribution in [-0.4, -0.2) is 25.3 Å². The molecule has 0 aliphatic carbocycles. The van der Waals surface area contributed by atoms with Crippen molar-refractivity contribution in [3.8, 4) is 0 Å². The molecule has 1 heterocycles. The molecule has 0 aromatic heterocycles. The number of unbranched alkanes of at least 4 members (excludes halogenated alkanes) is 2. The van der Waals surface area contributed by atoms with Crippen LogP contribution >= 0.6 is 0 Å². The van der Waals surface area contributed by atoms with Crippen LogP contribution < -0.4 is 5.32 Å². The Kier molecular flexibility index (Phi) is 6.26. The van der Waals surface area contributed by atoms with Crippen molar-refractivity contribution in [2.45, 2.75) is 65.0 Å². The molecule has 0 amide bonds. The fraction of sp³-hybridized carbons (Fsp3) is 1.00. The minimum absolute atomic E-state index is 0.615. The van der Waals surface area contributed by atoms with E-state index in [9.17, 15) is 0 Å². The van der Waals surface area contributed by atoms with E-state index in [2.05, 4.69) is 26.1 Å². The molecule has 0 bridgehead atoms. The third kappa shape index (κ3) is 4.98. The number of ether oxygens (including phenoxy) is 1. The van der Waals surface area contributed by atoms with E-state index in [0.717, 1.165) is 19.1 Å². The molecule has 3 atom stereocenters. The Hall–Kier alpha value is -0.0800. The van der Waals surface area contributed by atoms with E-state index in [4.69, 9.17) is 4.74 Å². The molecule has 2 nitrogen and oxygen atoms in total. The average molecular weight is 213 g/mol. The van der Waals surface area contributed by atoms with Gasteiger partial charge in [0.1, 0.15) is 0 Å². The molecule has 0 saturated carbocycles. The zero-order valence-electron chi connectivity index (χ0n) is 10.6. The maximum atomic E-state index is 5.42. The third-order valence-corrected chi connectivity index (χ3v) is 3.46. The lowest BCUT2D eigenvalue weighted by Crippen LogP contribution is -2.39. The average Bonchev–Trinajstić information content (AvgIpc) is 2.70. The topological polar surface area (TPSA) is 21.3 Å². The molecule has 3 unspecified atom stereocenters. The second-order valence-corrected chi connectivity index (χ2v) is 4.98. The highest BCUT2D eigenvalue weighted by Gasteiger charge is 2.22. The van der Waals surface area contributed by atoms with E-state index in [1.54, 1.807) is 0 Å². The Bertz CT molecular complexity index is 155. The molecule has 1 saturated heterocycles. The molecule has 15 heavy (non-hydrogen) atoms. The van der Waals surface area contributed by atoms with Gasteiger partial charge in [0.05, 0.1) is 6.61 Å². The van der Waals surface area contributed by atoms with Crippen LogP contribution in [0.5, 0.6) is 0 Å². The highest BCUT2D eigenvalue weighted by atomic mass is 16.5. The van der Waals surface area contributed by atoms with E-state index in [-0.39, 0.29) is 0 Å². The van der Waals surface area contributed by atoms with Crippen LogP contribution in [0.1, 0.15) is 52.9 Å².